The second kappa shape index (κ2) is 6.45. The van der Waals surface area contributed by atoms with Crippen LogP contribution in [0.3, 0.4) is 0 Å². The third kappa shape index (κ3) is 3.41. The van der Waals surface area contributed by atoms with E-state index >= 15 is 0 Å². The van der Waals surface area contributed by atoms with E-state index in [9.17, 15) is 19.3 Å². The third-order valence-corrected chi connectivity index (χ3v) is 3.86. The first kappa shape index (κ1) is 16.8. The zero-order valence-corrected chi connectivity index (χ0v) is 13.7. The predicted octanol–water partition coefficient (Wildman–Crippen LogP) is 4.50. The van der Waals surface area contributed by atoms with E-state index in [1.165, 1.54) is 36.4 Å². The fourth-order valence-corrected chi connectivity index (χ4v) is 2.63. The molecule has 8 heteroatoms. The molecular weight excluding hydrogens is 349 g/mol. The van der Waals surface area contributed by atoms with Crippen molar-refractivity contribution in [3.63, 3.8) is 0 Å². The lowest BCUT2D eigenvalue weighted by atomic mass is 10.1. The molecule has 25 heavy (non-hydrogen) atoms. The maximum Gasteiger partial charge on any atom is 0.289 e. The van der Waals surface area contributed by atoms with Crippen LogP contribution in [0.5, 0.6) is 0 Å². The Hall–Kier alpha value is -3.06. The number of nitrogens with one attached hydrogen (secondary N) is 1. The van der Waals surface area contributed by atoms with E-state index in [-0.39, 0.29) is 22.0 Å². The molecule has 1 amide bonds. The summed E-state index contributed by atoms with van der Waals surface area (Å²) in [7, 11) is 0. The summed E-state index contributed by atoms with van der Waals surface area (Å²) in [6.07, 6.45) is 0. The Kier molecular flexibility index (Phi) is 4.33. The lowest BCUT2D eigenvalue weighted by Gasteiger charge is -2.09. The number of aromatic nitrogens is 1. The van der Waals surface area contributed by atoms with Crippen molar-refractivity contribution in [1.82, 2.24) is 4.98 Å². The van der Waals surface area contributed by atoms with E-state index < -0.39 is 16.6 Å². The van der Waals surface area contributed by atoms with Gasteiger partial charge in [-0.1, -0.05) is 11.6 Å². The van der Waals surface area contributed by atoms with Gasteiger partial charge in [-0.2, -0.15) is 0 Å². The smallest absolute Gasteiger partial charge is 0.289 e. The average molecular weight is 360 g/mol. The number of fused-ring (bicyclic) bond motifs is 1. The number of hydrogen-bond acceptors (Lipinski definition) is 4. The normalized spacial score (nSPS) is 10.7. The molecule has 126 valence electrons. The molecule has 0 unspecified atom stereocenters. The number of halogens is 2. The number of nitro benzene ring substituents is 1. The molecule has 0 spiro atoms. The first-order valence-corrected chi connectivity index (χ1v) is 7.55. The summed E-state index contributed by atoms with van der Waals surface area (Å²) in [6.45, 7) is 1.71. The molecule has 0 atom stereocenters. The molecule has 6 nitrogen and oxygen atoms in total. The van der Waals surface area contributed by atoms with E-state index in [4.69, 9.17) is 11.6 Å². The fraction of sp³-hybridized carbons (Fsp3) is 0.0588. The van der Waals surface area contributed by atoms with Gasteiger partial charge in [0.15, 0.2) is 0 Å². The van der Waals surface area contributed by atoms with Gasteiger partial charge >= 0.3 is 0 Å². The van der Waals surface area contributed by atoms with Gasteiger partial charge in [-0.25, -0.2) is 4.39 Å². The Morgan fingerprint density at radius 2 is 2.00 bits per heavy atom. The summed E-state index contributed by atoms with van der Waals surface area (Å²) in [5, 5.41) is 13.8. The summed E-state index contributed by atoms with van der Waals surface area (Å²) >= 11 is 5.76. The quantitative estimate of drug-likeness (QED) is 0.551. The second-order valence-electron chi connectivity index (χ2n) is 5.35. The van der Waals surface area contributed by atoms with Crippen LogP contribution in [0.25, 0.3) is 10.9 Å². The maximum atomic E-state index is 13.5. The largest absolute Gasteiger partial charge is 0.322 e. The minimum atomic E-state index is -0.640. The molecule has 0 saturated heterocycles. The molecular formula is C17H11ClFN3O3. The van der Waals surface area contributed by atoms with Crippen molar-refractivity contribution in [2.75, 3.05) is 5.32 Å². The first-order valence-electron chi connectivity index (χ1n) is 7.17. The van der Waals surface area contributed by atoms with Crippen LogP contribution >= 0.6 is 11.6 Å². The lowest BCUT2D eigenvalue weighted by Crippen LogP contribution is -2.13. The lowest BCUT2D eigenvalue weighted by molar-refractivity contribution is -0.384. The molecule has 0 aliphatic rings. The zero-order valence-electron chi connectivity index (χ0n) is 12.9. The standard InChI is InChI=1S/C17H11ClFN3O3/c1-9-6-13(12-7-10(19)2-5-15(12)20-9)17(23)21-11-3-4-14(18)16(8-11)22(24)25/h2-8H,1H3,(H,21,23). The molecule has 0 radical (unpaired) electrons. The Balaban J connectivity index is 2.02. The fourth-order valence-electron chi connectivity index (χ4n) is 2.45. The van der Waals surface area contributed by atoms with Crippen LogP contribution in [0.1, 0.15) is 16.1 Å². The molecule has 1 aromatic heterocycles. The van der Waals surface area contributed by atoms with Gasteiger partial charge in [-0.3, -0.25) is 19.9 Å². The molecule has 0 bridgehead atoms. The highest BCUT2D eigenvalue weighted by molar-refractivity contribution is 6.32. The number of nitro groups is 1. The summed E-state index contributed by atoms with van der Waals surface area (Å²) in [6, 6.07) is 9.44. The van der Waals surface area contributed by atoms with Gasteiger partial charge in [0.2, 0.25) is 0 Å². The SMILES string of the molecule is Cc1cc(C(=O)Nc2ccc(Cl)c([N+](=O)[O-])c2)c2cc(F)ccc2n1. The van der Waals surface area contributed by atoms with Crippen LogP contribution in [0.2, 0.25) is 5.02 Å². The summed E-state index contributed by atoms with van der Waals surface area (Å²) < 4.78 is 13.5. The van der Waals surface area contributed by atoms with Crippen molar-refractivity contribution in [2.45, 2.75) is 6.92 Å². The van der Waals surface area contributed by atoms with E-state index in [2.05, 4.69) is 10.3 Å². The van der Waals surface area contributed by atoms with Crippen LogP contribution in [-0.4, -0.2) is 15.8 Å². The van der Waals surface area contributed by atoms with Gasteiger partial charge in [0.1, 0.15) is 10.8 Å². The van der Waals surface area contributed by atoms with Crippen LogP contribution in [0.4, 0.5) is 15.8 Å². The van der Waals surface area contributed by atoms with Gasteiger partial charge in [0, 0.05) is 22.8 Å². The molecule has 3 rings (SSSR count). The molecule has 1 N–H and O–H groups in total. The van der Waals surface area contributed by atoms with E-state index in [0.717, 1.165) is 6.07 Å². The Morgan fingerprint density at radius 1 is 1.24 bits per heavy atom. The number of aryl methyl sites for hydroxylation is 1. The van der Waals surface area contributed by atoms with Crippen molar-refractivity contribution in [1.29, 1.82) is 0 Å². The molecule has 0 aliphatic heterocycles. The minimum absolute atomic E-state index is 0.0322. The Labute approximate surface area is 146 Å². The number of carbonyl (C=O) groups excluding carboxylic acids is 1. The minimum Gasteiger partial charge on any atom is -0.322 e. The number of benzene rings is 2. The molecule has 1 heterocycles. The molecule has 0 saturated carbocycles. The molecule has 2 aromatic carbocycles. The van der Waals surface area contributed by atoms with E-state index in [0.29, 0.717) is 16.6 Å². The highest BCUT2D eigenvalue weighted by Gasteiger charge is 2.16. The molecule has 3 aromatic rings. The van der Waals surface area contributed by atoms with Crippen molar-refractivity contribution in [2.24, 2.45) is 0 Å². The predicted molar refractivity (Wildman–Crippen MR) is 92.5 cm³/mol. The summed E-state index contributed by atoms with van der Waals surface area (Å²) in [4.78, 5) is 27.2. The highest BCUT2D eigenvalue weighted by Crippen LogP contribution is 2.28. The Morgan fingerprint density at radius 3 is 2.72 bits per heavy atom. The number of nitrogens with zero attached hydrogens (tertiary/aromatic N) is 2. The number of rotatable bonds is 3. The maximum absolute atomic E-state index is 13.5. The van der Waals surface area contributed by atoms with E-state index in [1.807, 2.05) is 0 Å². The zero-order chi connectivity index (χ0) is 18.1. The second-order valence-corrected chi connectivity index (χ2v) is 5.76. The van der Waals surface area contributed by atoms with E-state index in [1.54, 1.807) is 6.92 Å². The van der Waals surface area contributed by atoms with Gasteiger partial charge in [0.25, 0.3) is 11.6 Å². The summed E-state index contributed by atoms with van der Waals surface area (Å²) in [5.41, 5.74) is 1.18. The molecule has 0 fully saturated rings. The Bertz CT molecular complexity index is 1020. The van der Waals surface area contributed by atoms with Crippen molar-refractivity contribution in [3.8, 4) is 0 Å². The average Bonchev–Trinajstić information content (AvgIpc) is 2.56. The van der Waals surface area contributed by atoms with Crippen molar-refractivity contribution < 1.29 is 14.1 Å². The monoisotopic (exact) mass is 359 g/mol. The number of amides is 1. The molecule has 0 aliphatic carbocycles. The van der Waals surface area contributed by atoms with Gasteiger partial charge in [0.05, 0.1) is 16.0 Å². The van der Waals surface area contributed by atoms with Crippen LogP contribution in [0, 0.1) is 22.9 Å². The van der Waals surface area contributed by atoms with Gasteiger partial charge < -0.3 is 5.32 Å². The first-order chi connectivity index (χ1) is 11.8. The topological polar surface area (TPSA) is 85.1 Å². The van der Waals surface area contributed by atoms with Gasteiger partial charge in [-0.15, -0.1) is 0 Å². The van der Waals surface area contributed by atoms with Crippen LogP contribution in [0.15, 0.2) is 42.5 Å². The van der Waals surface area contributed by atoms with Gasteiger partial charge in [-0.05, 0) is 43.3 Å². The van der Waals surface area contributed by atoms with Crippen LogP contribution < -0.4 is 5.32 Å². The highest BCUT2D eigenvalue weighted by atomic mass is 35.5. The van der Waals surface area contributed by atoms with Crippen molar-refractivity contribution in [3.05, 3.63) is 74.7 Å². The van der Waals surface area contributed by atoms with Crippen molar-refractivity contribution >= 4 is 39.8 Å². The number of anilines is 1. The number of pyridine rings is 1. The third-order valence-electron chi connectivity index (χ3n) is 3.54. The summed E-state index contributed by atoms with van der Waals surface area (Å²) in [5.74, 6) is -1.02. The number of hydrogen-bond donors (Lipinski definition) is 1. The van der Waals surface area contributed by atoms with Crippen LogP contribution in [-0.2, 0) is 0 Å². The number of carbonyl (C=O) groups is 1.